The van der Waals surface area contributed by atoms with Gasteiger partial charge in [0, 0.05) is 12.3 Å². The molecule has 0 spiro atoms. The summed E-state index contributed by atoms with van der Waals surface area (Å²) in [7, 11) is 1.66. The summed E-state index contributed by atoms with van der Waals surface area (Å²) < 4.78 is 5.13. The summed E-state index contributed by atoms with van der Waals surface area (Å²) in [4.78, 5) is 11.9. The van der Waals surface area contributed by atoms with E-state index in [0.29, 0.717) is 18.2 Å². The quantitative estimate of drug-likeness (QED) is 0.799. The highest BCUT2D eigenvalue weighted by molar-refractivity contribution is 7.99. The van der Waals surface area contributed by atoms with Gasteiger partial charge < -0.3 is 10.1 Å². The minimum absolute atomic E-state index is 0.0892. The second kappa shape index (κ2) is 9.26. The molecule has 0 bridgehead atoms. The van der Waals surface area contributed by atoms with Gasteiger partial charge in [-0.3, -0.25) is 4.79 Å². The third-order valence-electron chi connectivity index (χ3n) is 3.63. The first-order chi connectivity index (χ1) is 11.2. The van der Waals surface area contributed by atoms with Gasteiger partial charge in [0.25, 0.3) is 0 Å². The van der Waals surface area contributed by atoms with E-state index in [1.54, 1.807) is 18.9 Å². The topological polar surface area (TPSA) is 38.3 Å². The van der Waals surface area contributed by atoms with Crippen molar-refractivity contribution in [3.05, 3.63) is 65.7 Å². The number of methoxy groups -OCH3 is 1. The molecule has 0 heterocycles. The van der Waals surface area contributed by atoms with E-state index in [1.807, 2.05) is 42.5 Å². The van der Waals surface area contributed by atoms with Crippen LogP contribution >= 0.6 is 11.8 Å². The van der Waals surface area contributed by atoms with Crippen LogP contribution < -0.4 is 10.1 Å². The average molecular weight is 329 g/mol. The zero-order chi connectivity index (χ0) is 16.5. The molecule has 2 aromatic carbocycles. The van der Waals surface area contributed by atoms with Crippen LogP contribution in [0.2, 0.25) is 0 Å². The number of benzene rings is 2. The van der Waals surface area contributed by atoms with Gasteiger partial charge in [-0.1, -0.05) is 49.4 Å². The van der Waals surface area contributed by atoms with Crippen LogP contribution in [0.3, 0.4) is 0 Å². The maximum Gasteiger partial charge on any atom is 0.230 e. The molecule has 0 aliphatic rings. The zero-order valence-electron chi connectivity index (χ0n) is 13.6. The lowest BCUT2D eigenvalue weighted by molar-refractivity contribution is -0.118. The monoisotopic (exact) mass is 329 g/mol. The molecular formula is C19H23NO2S. The Bertz CT molecular complexity index is 599. The maximum absolute atomic E-state index is 11.9. The molecule has 4 heteroatoms. The van der Waals surface area contributed by atoms with Gasteiger partial charge in [0.05, 0.1) is 12.9 Å². The lowest BCUT2D eigenvalue weighted by atomic mass is 10.0. The number of nitrogens with one attached hydrogen (secondary N) is 1. The van der Waals surface area contributed by atoms with Crippen molar-refractivity contribution in [1.29, 1.82) is 0 Å². The van der Waals surface area contributed by atoms with Gasteiger partial charge >= 0.3 is 0 Å². The number of rotatable bonds is 8. The van der Waals surface area contributed by atoms with Gasteiger partial charge in [-0.25, -0.2) is 0 Å². The molecule has 122 valence electrons. The summed E-state index contributed by atoms with van der Waals surface area (Å²) in [5, 5.41) is 3.01. The van der Waals surface area contributed by atoms with Crippen molar-refractivity contribution in [3.8, 4) is 5.75 Å². The fraction of sp³-hybridized carbons (Fsp3) is 0.316. The van der Waals surface area contributed by atoms with Crippen LogP contribution in [0.15, 0.2) is 54.6 Å². The predicted octanol–water partition coefficient (Wildman–Crippen LogP) is 3.85. The molecule has 0 saturated carbocycles. The lowest BCUT2D eigenvalue weighted by Gasteiger charge is -2.13. The van der Waals surface area contributed by atoms with Crippen LogP contribution in [0.1, 0.15) is 24.0 Å². The number of hydrogen-bond acceptors (Lipinski definition) is 3. The van der Waals surface area contributed by atoms with Gasteiger partial charge in [-0.15, -0.1) is 11.8 Å². The summed E-state index contributed by atoms with van der Waals surface area (Å²) in [6.07, 6.45) is 0. The van der Waals surface area contributed by atoms with Gasteiger partial charge in [-0.05, 0) is 29.2 Å². The van der Waals surface area contributed by atoms with Gasteiger partial charge in [0.1, 0.15) is 5.75 Å². The van der Waals surface area contributed by atoms with E-state index in [4.69, 9.17) is 4.74 Å². The SMILES string of the molecule is COc1ccc(CSCC(=O)NCC(C)c2ccccc2)cc1. The summed E-state index contributed by atoms with van der Waals surface area (Å²) in [5.41, 5.74) is 2.44. The summed E-state index contributed by atoms with van der Waals surface area (Å²) in [6.45, 7) is 2.80. The third kappa shape index (κ3) is 5.99. The smallest absolute Gasteiger partial charge is 0.230 e. The van der Waals surface area contributed by atoms with Crippen molar-refractivity contribution < 1.29 is 9.53 Å². The minimum atomic E-state index is 0.0892. The van der Waals surface area contributed by atoms with E-state index in [9.17, 15) is 4.79 Å². The molecular weight excluding hydrogens is 306 g/mol. The van der Waals surface area contributed by atoms with Crippen LogP contribution in [0.4, 0.5) is 0 Å². The molecule has 23 heavy (non-hydrogen) atoms. The fourth-order valence-electron chi connectivity index (χ4n) is 2.20. The van der Waals surface area contributed by atoms with Crippen LogP contribution in [-0.2, 0) is 10.5 Å². The first kappa shape index (κ1) is 17.4. The van der Waals surface area contributed by atoms with Gasteiger partial charge in [0.2, 0.25) is 5.91 Å². The van der Waals surface area contributed by atoms with Crippen LogP contribution in [-0.4, -0.2) is 25.3 Å². The molecule has 0 aliphatic carbocycles. The van der Waals surface area contributed by atoms with E-state index in [1.165, 1.54) is 11.1 Å². The van der Waals surface area contributed by atoms with Crippen molar-refractivity contribution in [2.24, 2.45) is 0 Å². The normalized spacial score (nSPS) is 11.7. The molecule has 2 aromatic rings. The standard InChI is InChI=1S/C19H23NO2S/c1-15(17-6-4-3-5-7-17)12-20-19(21)14-23-13-16-8-10-18(22-2)11-9-16/h3-11,15H,12-14H2,1-2H3,(H,20,21). The Kier molecular flexibility index (Phi) is 7.01. The van der Waals surface area contributed by atoms with Crippen molar-refractivity contribution >= 4 is 17.7 Å². The highest BCUT2D eigenvalue weighted by Gasteiger charge is 2.07. The van der Waals surface area contributed by atoms with E-state index < -0.39 is 0 Å². The highest BCUT2D eigenvalue weighted by Crippen LogP contribution is 2.17. The Morgan fingerprint density at radius 3 is 2.48 bits per heavy atom. The number of carbonyl (C=O) groups is 1. The number of ether oxygens (including phenoxy) is 1. The number of thioether (sulfide) groups is 1. The first-order valence-corrected chi connectivity index (χ1v) is 8.87. The molecule has 0 aromatic heterocycles. The van der Waals surface area contributed by atoms with Crippen molar-refractivity contribution in [1.82, 2.24) is 5.32 Å². The van der Waals surface area contributed by atoms with Crippen LogP contribution in [0, 0.1) is 0 Å². The van der Waals surface area contributed by atoms with Crippen molar-refractivity contribution in [2.45, 2.75) is 18.6 Å². The summed E-state index contributed by atoms with van der Waals surface area (Å²) in [6, 6.07) is 18.2. The minimum Gasteiger partial charge on any atom is -0.497 e. The molecule has 3 nitrogen and oxygen atoms in total. The fourth-order valence-corrected chi connectivity index (χ4v) is 3.02. The summed E-state index contributed by atoms with van der Waals surface area (Å²) in [5.74, 6) is 2.57. The van der Waals surface area contributed by atoms with E-state index in [-0.39, 0.29) is 5.91 Å². The Balaban J connectivity index is 1.66. The van der Waals surface area contributed by atoms with E-state index >= 15 is 0 Å². The number of carbonyl (C=O) groups excluding carboxylic acids is 1. The molecule has 1 amide bonds. The molecule has 1 N–H and O–H groups in total. The third-order valence-corrected chi connectivity index (χ3v) is 4.64. The van der Waals surface area contributed by atoms with Crippen LogP contribution in [0.5, 0.6) is 5.75 Å². The zero-order valence-corrected chi connectivity index (χ0v) is 14.4. The second-order valence-electron chi connectivity index (χ2n) is 5.46. The van der Waals surface area contributed by atoms with E-state index in [0.717, 1.165) is 11.5 Å². The largest absolute Gasteiger partial charge is 0.497 e. The Hall–Kier alpha value is -1.94. The molecule has 1 unspecified atom stereocenters. The molecule has 2 rings (SSSR count). The van der Waals surface area contributed by atoms with Crippen molar-refractivity contribution in [2.75, 3.05) is 19.4 Å². The Morgan fingerprint density at radius 1 is 1.13 bits per heavy atom. The molecule has 0 aliphatic heterocycles. The van der Waals surface area contributed by atoms with Crippen LogP contribution in [0.25, 0.3) is 0 Å². The Morgan fingerprint density at radius 2 is 1.83 bits per heavy atom. The Labute approximate surface area is 142 Å². The van der Waals surface area contributed by atoms with Gasteiger partial charge in [-0.2, -0.15) is 0 Å². The molecule has 0 radical (unpaired) electrons. The molecule has 0 saturated heterocycles. The molecule has 1 atom stereocenters. The predicted molar refractivity (Wildman–Crippen MR) is 97.0 cm³/mol. The maximum atomic E-state index is 11.9. The van der Waals surface area contributed by atoms with Gasteiger partial charge in [0.15, 0.2) is 0 Å². The average Bonchev–Trinajstić information content (AvgIpc) is 2.61. The second-order valence-corrected chi connectivity index (χ2v) is 6.44. The first-order valence-electron chi connectivity index (χ1n) is 7.71. The number of amides is 1. The molecule has 0 fully saturated rings. The number of hydrogen-bond donors (Lipinski definition) is 1. The van der Waals surface area contributed by atoms with E-state index in [2.05, 4.69) is 24.4 Å². The van der Waals surface area contributed by atoms with Crippen molar-refractivity contribution in [3.63, 3.8) is 0 Å². The lowest BCUT2D eigenvalue weighted by Crippen LogP contribution is -2.29. The highest BCUT2D eigenvalue weighted by atomic mass is 32.2. The summed E-state index contributed by atoms with van der Waals surface area (Å²) >= 11 is 1.62.